The minimum atomic E-state index is -3.30. The van der Waals surface area contributed by atoms with Gasteiger partial charge in [-0.2, -0.15) is 0 Å². The third kappa shape index (κ3) is 6.07. The fraction of sp³-hybridized carbons (Fsp3) is 0.435. The van der Waals surface area contributed by atoms with Crippen molar-refractivity contribution in [1.29, 1.82) is 0 Å². The summed E-state index contributed by atoms with van der Waals surface area (Å²) in [6, 6.07) is 4.24. The second-order valence-corrected chi connectivity index (χ2v) is 10.5. The molecule has 0 spiro atoms. The Hall–Kier alpha value is -3.01. The van der Waals surface area contributed by atoms with Crippen molar-refractivity contribution in [3.63, 3.8) is 0 Å². The smallest absolute Gasteiger partial charge is 0.257 e. The summed E-state index contributed by atoms with van der Waals surface area (Å²) < 4.78 is 42.3. The second kappa shape index (κ2) is 9.46. The second-order valence-electron chi connectivity index (χ2n) is 8.55. The Morgan fingerprint density at radius 2 is 2.06 bits per heavy atom. The number of halogens is 1. The molecule has 2 fully saturated rings. The highest BCUT2D eigenvalue weighted by Gasteiger charge is 2.32. The number of hydrogen-bond donors (Lipinski definition) is 2. The molecule has 1 amide bonds. The fourth-order valence-corrected chi connectivity index (χ4v) is 4.02. The SMILES string of the molecule is COc1c(F)cccc1CNc1nc(C2CC2)ncc1C(=O)N[C@H](/C=C/S(C)(=O)=O)C1CC1. The van der Waals surface area contributed by atoms with Gasteiger partial charge in [0.05, 0.1) is 13.2 Å². The molecule has 2 N–H and O–H groups in total. The number of para-hydroxylation sites is 1. The Bertz CT molecular complexity index is 1180. The van der Waals surface area contributed by atoms with Crippen molar-refractivity contribution in [2.24, 2.45) is 5.92 Å². The average molecular weight is 475 g/mol. The third-order valence-electron chi connectivity index (χ3n) is 5.65. The summed E-state index contributed by atoms with van der Waals surface area (Å²) in [6.45, 7) is 0.197. The van der Waals surface area contributed by atoms with E-state index in [4.69, 9.17) is 4.74 Å². The number of carbonyl (C=O) groups excluding carboxylic acids is 1. The summed E-state index contributed by atoms with van der Waals surface area (Å²) in [5, 5.41) is 7.17. The predicted molar refractivity (Wildman–Crippen MR) is 122 cm³/mol. The first-order chi connectivity index (χ1) is 15.7. The van der Waals surface area contributed by atoms with Crippen LogP contribution in [0.1, 0.15) is 53.3 Å². The standard InChI is InChI=1S/C23H27FN4O4S/c1-32-20-16(4-3-5-18(20)24)12-25-22-17(13-26-21(28-22)15-8-9-15)23(29)27-19(14-6-7-14)10-11-33(2,30)31/h3-5,10-11,13-15,19H,6-9,12H2,1-2H3,(H,27,29)(H,25,26,28)/b11-10+/t19-/m1/s1. The van der Waals surface area contributed by atoms with E-state index < -0.39 is 27.6 Å². The lowest BCUT2D eigenvalue weighted by Gasteiger charge is -2.17. The molecule has 1 aromatic carbocycles. The molecule has 0 radical (unpaired) electrons. The zero-order chi connectivity index (χ0) is 23.6. The van der Waals surface area contributed by atoms with E-state index in [-0.39, 0.29) is 29.7 Å². The van der Waals surface area contributed by atoms with E-state index in [1.165, 1.54) is 25.4 Å². The molecule has 1 atom stereocenters. The zero-order valence-electron chi connectivity index (χ0n) is 18.5. The van der Waals surface area contributed by atoms with Crippen LogP contribution in [-0.2, 0) is 16.4 Å². The molecular weight excluding hydrogens is 447 g/mol. The molecule has 2 saturated carbocycles. The van der Waals surface area contributed by atoms with E-state index in [1.807, 2.05) is 0 Å². The average Bonchev–Trinajstić information content (AvgIpc) is 3.67. The number of sulfone groups is 1. The topological polar surface area (TPSA) is 110 Å². The molecule has 33 heavy (non-hydrogen) atoms. The fourth-order valence-electron chi connectivity index (χ4n) is 3.57. The maximum atomic E-state index is 14.1. The molecule has 8 nitrogen and oxygen atoms in total. The van der Waals surface area contributed by atoms with Crippen LogP contribution in [0.15, 0.2) is 35.9 Å². The van der Waals surface area contributed by atoms with Crippen LogP contribution >= 0.6 is 0 Å². The normalized spacial score (nSPS) is 17.1. The quantitative estimate of drug-likeness (QED) is 0.544. The molecule has 4 rings (SSSR count). The Kier molecular flexibility index (Phi) is 6.64. The lowest BCUT2D eigenvalue weighted by atomic mass is 10.1. The number of amides is 1. The van der Waals surface area contributed by atoms with E-state index in [9.17, 15) is 17.6 Å². The Balaban J connectivity index is 1.57. The molecule has 0 bridgehead atoms. The van der Waals surface area contributed by atoms with Gasteiger partial charge in [-0.3, -0.25) is 4.79 Å². The summed E-state index contributed by atoms with van der Waals surface area (Å²) in [6.07, 6.45) is 7.97. The molecule has 2 aliphatic carbocycles. The Morgan fingerprint density at radius 1 is 1.30 bits per heavy atom. The van der Waals surface area contributed by atoms with E-state index in [1.54, 1.807) is 12.1 Å². The predicted octanol–water partition coefficient (Wildman–Crippen LogP) is 3.18. The van der Waals surface area contributed by atoms with Crippen LogP contribution in [0.2, 0.25) is 0 Å². The molecule has 1 heterocycles. The third-order valence-corrected chi connectivity index (χ3v) is 6.31. The maximum absolute atomic E-state index is 14.1. The van der Waals surface area contributed by atoms with Crippen molar-refractivity contribution in [3.8, 4) is 5.75 Å². The van der Waals surface area contributed by atoms with Gasteiger partial charge in [-0.15, -0.1) is 0 Å². The maximum Gasteiger partial charge on any atom is 0.257 e. The first-order valence-electron chi connectivity index (χ1n) is 10.9. The zero-order valence-corrected chi connectivity index (χ0v) is 19.4. The van der Waals surface area contributed by atoms with E-state index in [0.29, 0.717) is 17.2 Å². The van der Waals surface area contributed by atoms with Gasteiger partial charge >= 0.3 is 0 Å². The van der Waals surface area contributed by atoms with Crippen molar-refractivity contribution in [3.05, 3.63) is 58.6 Å². The number of carbonyl (C=O) groups is 1. The molecule has 2 aromatic rings. The largest absolute Gasteiger partial charge is 0.493 e. The minimum absolute atomic E-state index is 0.132. The number of benzene rings is 1. The number of nitrogens with one attached hydrogen (secondary N) is 2. The number of hydrogen-bond acceptors (Lipinski definition) is 7. The van der Waals surface area contributed by atoms with Crippen molar-refractivity contribution >= 4 is 21.6 Å². The van der Waals surface area contributed by atoms with Gasteiger partial charge in [0, 0.05) is 35.9 Å². The van der Waals surface area contributed by atoms with Gasteiger partial charge in [-0.05, 0) is 37.7 Å². The first kappa shape index (κ1) is 23.2. The van der Waals surface area contributed by atoms with Crippen molar-refractivity contribution < 1.29 is 22.3 Å². The highest BCUT2D eigenvalue weighted by Crippen LogP contribution is 2.38. The van der Waals surface area contributed by atoms with Crippen LogP contribution in [0.5, 0.6) is 5.75 Å². The van der Waals surface area contributed by atoms with Crippen molar-refractivity contribution in [2.45, 2.75) is 44.2 Å². The van der Waals surface area contributed by atoms with Crippen molar-refractivity contribution in [2.75, 3.05) is 18.7 Å². The number of ether oxygens (including phenoxy) is 1. The highest BCUT2D eigenvalue weighted by atomic mass is 32.2. The van der Waals surface area contributed by atoms with Gasteiger partial charge in [0.25, 0.3) is 5.91 Å². The van der Waals surface area contributed by atoms with Crippen LogP contribution in [0.3, 0.4) is 0 Å². The van der Waals surface area contributed by atoms with Gasteiger partial charge in [-0.25, -0.2) is 22.8 Å². The molecule has 2 aliphatic rings. The lowest BCUT2D eigenvalue weighted by molar-refractivity contribution is 0.0940. The molecule has 176 valence electrons. The monoisotopic (exact) mass is 474 g/mol. The molecule has 0 unspecified atom stereocenters. The van der Waals surface area contributed by atoms with Crippen LogP contribution in [0.25, 0.3) is 0 Å². The number of nitrogens with zero attached hydrogens (tertiary/aromatic N) is 2. The number of anilines is 1. The minimum Gasteiger partial charge on any atom is -0.493 e. The van der Waals surface area contributed by atoms with Crippen LogP contribution in [0.4, 0.5) is 10.2 Å². The first-order valence-corrected chi connectivity index (χ1v) is 12.8. The van der Waals surface area contributed by atoms with Crippen LogP contribution < -0.4 is 15.4 Å². The number of rotatable bonds is 10. The molecule has 0 saturated heterocycles. The Morgan fingerprint density at radius 3 is 2.70 bits per heavy atom. The van der Waals surface area contributed by atoms with Gasteiger partial charge < -0.3 is 15.4 Å². The summed E-state index contributed by atoms with van der Waals surface area (Å²) in [7, 11) is -1.90. The van der Waals surface area contributed by atoms with Crippen molar-refractivity contribution in [1.82, 2.24) is 15.3 Å². The van der Waals surface area contributed by atoms with Crippen LogP contribution in [-0.4, -0.2) is 43.7 Å². The van der Waals surface area contributed by atoms with Gasteiger partial charge in [0.1, 0.15) is 17.2 Å². The Labute approximate surface area is 192 Å². The van der Waals surface area contributed by atoms with Gasteiger partial charge in [0.2, 0.25) is 0 Å². The highest BCUT2D eigenvalue weighted by molar-refractivity contribution is 7.93. The van der Waals surface area contributed by atoms with E-state index in [2.05, 4.69) is 20.6 Å². The number of aromatic nitrogens is 2. The summed E-state index contributed by atoms with van der Waals surface area (Å²) in [5.74, 6) is 0.748. The van der Waals surface area contributed by atoms with Gasteiger partial charge in [0.15, 0.2) is 21.4 Å². The van der Waals surface area contributed by atoms with E-state index in [0.717, 1.165) is 37.3 Å². The lowest BCUT2D eigenvalue weighted by Crippen LogP contribution is -2.35. The van der Waals surface area contributed by atoms with Crippen LogP contribution in [0, 0.1) is 11.7 Å². The van der Waals surface area contributed by atoms with Gasteiger partial charge in [-0.1, -0.05) is 18.2 Å². The summed E-state index contributed by atoms with van der Waals surface area (Å²) >= 11 is 0. The molecule has 1 aromatic heterocycles. The molecular formula is C23H27FN4O4S. The summed E-state index contributed by atoms with van der Waals surface area (Å²) in [5.41, 5.74) is 0.829. The van der Waals surface area contributed by atoms with E-state index >= 15 is 0 Å². The molecule has 10 heteroatoms. The summed E-state index contributed by atoms with van der Waals surface area (Å²) in [4.78, 5) is 22.1. The molecule has 0 aliphatic heterocycles. The number of methoxy groups -OCH3 is 1.